The standard InChI is InChI=1S/C21H21BrN2O4S/c1-26-15-8-13(9-16(11-15)27-2)12-23-21(25)19-20(22)24-18(29-19)10-14-6-4-5-7-17(14)28-3/h4-9,11H,10,12H2,1-3H3,(H,23,25). The molecule has 0 atom stereocenters. The number of hydrogen-bond acceptors (Lipinski definition) is 6. The first-order chi connectivity index (χ1) is 14.0. The van der Waals surface area contributed by atoms with Crippen molar-refractivity contribution in [1.82, 2.24) is 10.3 Å². The predicted octanol–water partition coefficient (Wildman–Crippen LogP) is 4.45. The summed E-state index contributed by atoms with van der Waals surface area (Å²) in [5.41, 5.74) is 1.90. The second-order valence-corrected chi connectivity index (χ2v) is 7.95. The van der Waals surface area contributed by atoms with Crippen LogP contribution in [-0.2, 0) is 13.0 Å². The van der Waals surface area contributed by atoms with Gasteiger partial charge < -0.3 is 19.5 Å². The highest BCUT2D eigenvalue weighted by atomic mass is 79.9. The zero-order chi connectivity index (χ0) is 20.8. The number of amides is 1. The van der Waals surface area contributed by atoms with E-state index in [1.807, 2.05) is 36.4 Å². The molecule has 6 nitrogen and oxygen atoms in total. The lowest BCUT2D eigenvalue weighted by Gasteiger charge is -2.09. The van der Waals surface area contributed by atoms with Crippen molar-refractivity contribution in [3.8, 4) is 17.2 Å². The summed E-state index contributed by atoms with van der Waals surface area (Å²) in [6.07, 6.45) is 0.591. The molecule has 1 aromatic heterocycles. The van der Waals surface area contributed by atoms with Gasteiger partial charge >= 0.3 is 0 Å². The molecular weight excluding hydrogens is 456 g/mol. The Hall–Kier alpha value is -2.58. The fourth-order valence-electron chi connectivity index (χ4n) is 2.80. The molecule has 0 radical (unpaired) electrons. The Morgan fingerprint density at radius 1 is 1.07 bits per heavy atom. The molecule has 0 aliphatic carbocycles. The number of halogens is 1. The minimum Gasteiger partial charge on any atom is -0.497 e. The number of carbonyl (C=O) groups excluding carboxylic acids is 1. The van der Waals surface area contributed by atoms with Gasteiger partial charge in [-0.25, -0.2) is 4.98 Å². The van der Waals surface area contributed by atoms with E-state index in [9.17, 15) is 4.79 Å². The summed E-state index contributed by atoms with van der Waals surface area (Å²) in [6.45, 7) is 0.346. The summed E-state index contributed by atoms with van der Waals surface area (Å²) in [4.78, 5) is 17.7. The monoisotopic (exact) mass is 476 g/mol. The average molecular weight is 477 g/mol. The van der Waals surface area contributed by atoms with Gasteiger partial charge in [-0.3, -0.25) is 4.79 Å². The molecule has 8 heteroatoms. The minimum absolute atomic E-state index is 0.192. The van der Waals surface area contributed by atoms with Crippen LogP contribution in [0.25, 0.3) is 0 Å². The lowest BCUT2D eigenvalue weighted by atomic mass is 10.1. The molecule has 0 bridgehead atoms. The Labute approximate surface area is 182 Å². The summed E-state index contributed by atoms with van der Waals surface area (Å²) >= 11 is 4.76. The number of ether oxygens (including phenoxy) is 3. The van der Waals surface area contributed by atoms with Crippen LogP contribution >= 0.6 is 27.3 Å². The van der Waals surface area contributed by atoms with Crippen molar-refractivity contribution in [3.63, 3.8) is 0 Å². The molecule has 0 aliphatic rings. The fourth-order valence-corrected chi connectivity index (χ4v) is 4.45. The Kier molecular flexibility index (Phi) is 7.11. The van der Waals surface area contributed by atoms with E-state index in [0.717, 1.165) is 21.9 Å². The van der Waals surface area contributed by atoms with Gasteiger partial charge in [-0.15, -0.1) is 11.3 Å². The van der Waals surface area contributed by atoms with E-state index in [2.05, 4.69) is 26.2 Å². The van der Waals surface area contributed by atoms with Gasteiger partial charge in [-0.05, 0) is 39.7 Å². The third-order valence-electron chi connectivity index (χ3n) is 4.23. The van der Waals surface area contributed by atoms with Crippen LogP contribution in [0.15, 0.2) is 47.1 Å². The number of methoxy groups -OCH3 is 3. The molecule has 3 aromatic rings. The average Bonchev–Trinajstić information content (AvgIpc) is 3.12. The Bertz CT molecular complexity index is 984. The molecule has 0 unspecified atom stereocenters. The van der Waals surface area contributed by atoms with E-state index in [1.54, 1.807) is 27.4 Å². The summed E-state index contributed by atoms with van der Waals surface area (Å²) in [5, 5.41) is 3.75. The van der Waals surface area contributed by atoms with Crippen molar-refractivity contribution < 1.29 is 19.0 Å². The van der Waals surface area contributed by atoms with Crippen LogP contribution in [0.5, 0.6) is 17.2 Å². The largest absolute Gasteiger partial charge is 0.497 e. The first-order valence-electron chi connectivity index (χ1n) is 8.81. The number of nitrogens with one attached hydrogen (secondary N) is 1. The molecule has 3 rings (SSSR count). The first kappa shape index (κ1) is 21.1. The van der Waals surface area contributed by atoms with Gasteiger partial charge in [0.2, 0.25) is 0 Å². The van der Waals surface area contributed by atoms with Crippen molar-refractivity contribution in [2.75, 3.05) is 21.3 Å². The molecule has 0 saturated heterocycles. The second-order valence-electron chi connectivity index (χ2n) is 6.12. The zero-order valence-electron chi connectivity index (χ0n) is 16.3. The van der Waals surface area contributed by atoms with Gasteiger partial charge in [-0.1, -0.05) is 18.2 Å². The normalized spacial score (nSPS) is 10.5. The first-order valence-corrected chi connectivity index (χ1v) is 10.4. The number of hydrogen-bond donors (Lipinski definition) is 1. The molecule has 1 amide bonds. The lowest BCUT2D eigenvalue weighted by molar-refractivity contribution is 0.0954. The SMILES string of the molecule is COc1cc(CNC(=O)c2sc(Cc3ccccc3OC)nc2Br)cc(OC)c1. The molecule has 0 aliphatic heterocycles. The fraction of sp³-hybridized carbons (Fsp3) is 0.238. The number of thiazole rings is 1. The molecule has 0 saturated carbocycles. The molecule has 2 aromatic carbocycles. The minimum atomic E-state index is -0.192. The van der Waals surface area contributed by atoms with E-state index in [4.69, 9.17) is 14.2 Å². The van der Waals surface area contributed by atoms with Crippen LogP contribution in [0.3, 0.4) is 0 Å². The maximum atomic E-state index is 12.7. The summed E-state index contributed by atoms with van der Waals surface area (Å²) in [6, 6.07) is 13.3. The maximum Gasteiger partial charge on any atom is 0.264 e. The maximum absolute atomic E-state index is 12.7. The van der Waals surface area contributed by atoms with Crippen molar-refractivity contribution in [1.29, 1.82) is 0 Å². The van der Waals surface area contributed by atoms with E-state index < -0.39 is 0 Å². The van der Waals surface area contributed by atoms with Crippen LogP contribution in [0.2, 0.25) is 0 Å². The van der Waals surface area contributed by atoms with E-state index in [1.165, 1.54) is 11.3 Å². The number of benzene rings is 2. The summed E-state index contributed by atoms with van der Waals surface area (Å²) in [5.74, 6) is 1.96. The van der Waals surface area contributed by atoms with Gasteiger partial charge in [0.25, 0.3) is 5.91 Å². The van der Waals surface area contributed by atoms with Crippen LogP contribution in [0.4, 0.5) is 0 Å². The third kappa shape index (κ3) is 5.27. The number of nitrogens with zero attached hydrogens (tertiary/aromatic N) is 1. The van der Waals surface area contributed by atoms with Crippen LogP contribution < -0.4 is 19.5 Å². The molecule has 0 spiro atoms. The van der Waals surface area contributed by atoms with Crippen LogP contribution in [0, 0.1) is 0 Å². The molecule has 152 valence electrons. The number of para-hydroxylation sites is 1. The lowest BCUT2D eigenvalue weighted by Crippen LogP contribution is -2.22. The van der Waals surface area contributed by atoms with E-state index in [-0.39, 0.29) is 5.91 Å². The number of rotatable bonds is 8. The van der Waals surface area contributed by atoms with Crippen LogP contribution in [-0.4, -0.2) is 32.2 Å². The highest BCUT2D eigenvalue weighted by molar-refractivity contribution is 9.10. The van der Waals surface area contributed by atoms with Crippen molar-refractivity contribution in [2.45, 2.75) is 13.0 Å². The predicted molar refractivity (Wildman–Crippen MR) is 116 cm³/mol. The van der Waals surface area contributed by atoms with Gasteiger partial charge in [0.15, 0.2) is 0 Å². The van der Waals surface area contributed by atoms with Gasteiger partial charge in [0.05, 0.1) is 26.3 Å². The Morgan fingerprint density at radius 2 is 1.76 bits per heavy atom. The topological polar surface area (TPSA) is 69.7 Å². The molecule has 29 heavy (non-hydrogen) atoms. The van der Waals surface area contributed by atoms with E-state index >= 15 is 0 Å². The second kappa shape index (κ2) is 9.76. The van der Waals surface area contributed by atoms with Crippen LogP contribution in [0.1, 0.15) is 25.8 Å². The quantitative estimate of drug-likeness (QED) is 0.519. The van der Waals surface area contributed by atoms with E-state index in [0.29, 0.717) is 33.9 Å². The number of carbonyl (C=O) groups is 1. The highest BCUT2D eigenvalue weighted by Crippen LogP contribution is 2.28. The van der Waals surface area contributed by atoms with Gasteiger partial charge in [0.1, 0.15) is 26.7 Å². The number of aromatic nitrogens is 1. The van der Waals surface area contributed by atoms with Gasteiger partial charge in [-0.2, -0.15) is 0 Å². The summed E-state index contributed by atoms with van der Waals surface area (Å²) < 4.78 is 16.5. The Balaban J connectivity index is 1.70. The van der Waals surface area contributed by atoms with Crippen molar-refractivity contribution in [2.24, 2.45) is 0 Å². The molecule has 1 N–H and O–H groups in total. The zero-order valence-corrected chi connectivity index (χ0v) is 18.7. The third-order valence-corrected chi connectivity index (χ3v) is 6.13. The smallest absolute Gasteiger partial charge is 0.264 e. The molecule has 0 fully saturated rings. The van der Waals surface area contributed by atoms with Crippen molar-refractivity contribution >= 4 is 33.2 Å². The van der Waals surface area contributed by atoms with Crippen molar-refractivity contribution in [3.05, 3.63) is 68.1 Å². The summed E-state index contributed by atoms with van der Waals surface area (Å²) in [7, 11) is 4.83. The highest BCUT2D eigenvalue weighted by Gasteiger charge is 2.17. The van der Waals surface area contributed by atoms with Gasteiger partial charge in [0, 0.05) is 24.6 Å². The molecule has 1 heterocycles. The molecular formula is C21H21BrN2O4S. The Morgan fingerprint density at radius 3 is 2.41 bits per heavy atom.